The number of fused-ring (bicyclic) bond motifs is 5. The Bertz CT molecular complexity index is 726. The van der Waals surface area contributed by atoms with Crippen LogP contribution < -0.4 is 4.90 Å². The molecule has 0 radical (unpaired) electrons. The van der Waals surface area contributed by atoms with Gasteiger partial charge >= 0.3 is 0 Å². The van der Waals surface area contributed by atoms with Crippen LogP contribution in [0.5, 0.6) is 0 Å². The second-order valence-electron chi connectivity index (χ2n) is 5.76. The Balaban J connectivity index is 1.81. The highest BCUT2D eigenvalue weighted by Crippen LogP contribution is 2.47. The van der Waals surface area contributed by atoms with E-state index in [1.807, 2.05) is 0 Å². The summed E-state index contributed by atoms with van der Waals surface area (Å²) >= 11 is 0. The lowest BCUT2D eigenvalue weighted by atomic mass is 9.85. The number of hydrogen-bond donors (Lipinski definition) is 0. The number of nitro benzene ring substituents is 1. The summed E-state index contributed by atoms with van der Waals surface area (Å²) in [6.45, 7) is 1.72. The highest BCUT2D eigenvalue weighted by atomic mass is 16.6. The number of anilines is 1. The smallest absolute Gasteiger partial charge is 0.293 e. The fourth-order valence-corrected chi connectivity index (χ4v) is 3.51. The van der Waals surface area contributed by atoms with Crippen LogP contribution >= 0.6 is 0 Å². The molecule has 4 rings (SSSR count). The topological polar surface area (TPSA) is 89.8 Å². The van der Waals surface area contributed by atoms with Gasteiger partial charge in [-0.2, -0.15) is 0 Å². The van der Waals surface area contributed by atoms with Crippen LogP contribution in [-0.4, -0.2) is 28.9 Å². The van der Waals surface area contributed by atoms with Crippen LogP contribution in [0.25, 0.3) is 0 Å². The third-order valence-electron chi connectivity index (χ3n) is 4.48. The normalized spacial score (nSPS) is 32.0. The average Bonchev–Trinajstić information content (AvgIpc) is 3.14. The van der Waals surface area contributed by atoms with Crippen molar-refractivity contribution in [2.45, 2.75) is 19.1 Å². The number of ether oxygens (including phenoxy) is 1. The number of carbonyl (C=O) groups excluding carboxylic acids is 2. The van der Waals surface area contributed by atoms with Crippen LogP contribution in [0.15, 0.2) is 30.4 Å². The van der Waals surface area contributed by atoms with Gasteiger partial charge in [0.2, 0.25) is 11.8 Å². The fraction of sp³-hybridized carbons (Fsp3) is 0.333. The molecule has 0 aliphatic carbocycles. The van der Waals surface area contributed by atoms with Crippen molar-refractivity contribution in [2.24, 2.45) is 11.8 Å². The highest BCUT2D eigenvalue weighted by molar-refractivity contribution is 6.24. The zero-order valence-corrected chi connectivity index (χ0v) is 11.6. The monoisotopic (exact) mass is 300 g/mol. The number of rotatable bonds is 2. The van der Waals surface area contributed by atoms with Crippen molar-refractivity contribution in [2.75, 3.05) is 4.90 Å². The summed E-state index contributed by atoms with van der Waals surface area (Å²) in [5, 5.41) is 11.3. The van der Waals surface area contributed by atoms with Gasteiger partial charge in [0, 0.05) is 6.07 Å². The molecule has 7 heteroatoms. The van der Waals surface area contributed by atoms with Crippen molar-refractivity contribution in [1.29, 1.82) is 0 Å². The third kappa shape index (κ3) is 1.54. The molecule has 22 heavy (non-hydrogen) atoms. The van der Waals surface area contributed by atoms with Gasteiger partial charge in [-0.25, -0.2) is 4.90 Å². The molecule has 3 aliphatic heterocycles. The van der Waals surface area contributed by atoms with Crippen LogP contribution in [0.3, 0.4) is 0 Å². The van der Waals surface area contributed by atoms with Crippen LogP contribution in [0.4, 0.5) is 11.4 Å². The number of carbonyl (C=O) groups is 2. The Labute approximate surface area is 125 Å². The maximum atomic E-state index is 12.6. The molecular weight excluding hydrogens is 288 g/mol. The summed E-state index contributed by atoms with van der Waals surface area (Å²) in [5.41, 5.74) is 0.502. The summed E-state index contributed by atoms with van der Waals surface area (Å²) in [5.74, 6) is -1.97. The Morgan fingerprint density at radius 1 is 1.14 bits per heavy atom. The minimum absolute atomic E-state index is 0.0411. The highest BCUT2D eigenvalue weighted by Gasteiger charge is 2.61. The second-order valence-corrected chi connectivity index (χ2v) is 5.76. The van der Waals surface area contributed by atoms with E-state index < -0.39 is 40.8 Å². The van der Waals surface area contributed by atoms with E-state index in [4.69, 9.17) is 4.74 Å². The number of nitro groups is 1. The van der Waals surface area contributed by atoms with Gasteiger partial charge in [0.15, 0.2) is 0 Å². The number of amides is 2. The molecule has 2 fully saturated rings. The lowest BCUT2D eigenvalue weighted by molar-refractivity contribution is -0.384. The molecule has 0 saturated carbocycles. The van der Waals surface area contributed by atoms with Crippen molar-refractivity contribution >= 4 is 23.2 Å². The number of hydrogen-bond acceptors (Lipinski definition) is 5. The van der Waals surface area contributed by atoms with E-state index in [0.29, 0.717) is 5.56 Å². The first-order chi connectivity index (χ1) is 10.5. The van der Waals surface area contributed by atoms with Crippen LogP contribution in [0.2, 0.25) is 0 Å². The standard InChI is InChI=1S/C15H12N2O5/c1-7-2-3-8(9(6-7)17(20)21)16-14(18)12-10-4-5-11(22-10)13(12)15(16)19/h2-6,10-13H,1H3/t10-,11-,12-,13-/m0/s1. The van der Waals surface area contributed by atoms with Crippen molar-refractivity contribution in [3.05, 3.63) is 46.0 Å². The summed E-state index contributed by atoms with van der Waals surface area (Å²) < 4.78 is 5.55. The fourth-order valence-electron chi connectivity index (χ4n) is 3.51. The Kier molecular flexibility index (Phi) is 2.53. The largest absolute Gasteiger partial charge is 0.365 e. The molecule has 0 spiro atoms. The molecule has 0 N–H and O–H groups in total. The summed E-state index contributed by atoms with van der Waals surface area (Å²) in [7, 11) is 0. The first-order valence-corrected chi connectivity index (χ1v) is 6.95. The maximum absolute atomic E-state index is 12.6. The predicted octanol–water partition coefficient (Wildman–Crippen LogP) is 1.35. The predicted molar refractivity (Wildman–Crippen MR) is 75.1 cm³/mol. The molecule has 0 unspecified atom stereocenters. The first kappa shape index (κ1) is 13.1. The van der Waals surface area contributed by atoms with E-state index in [0.717, 1.165) is 4.90 Å². The zero-order chi connectivity index (χ0) is 15.6. The molecule has 3 aliphatic rings. The number of imide groups is 1. The van der Waals surface area contributed by atoms with Crippen molar-refractivity contribution < 1.29 is 19.2 Å². The molecule has 4 atom stereocenters. The van der Waals surface area contributed by atoms with Crippen LogP contribution in [0, 0.1) is 28.9 Å². The summed E-state index contributed by atoms with van der Waals surface area (Å²) in [6.07, 6.45) is 2.76. The molecule has 3 heterocycles. The van der Waals surface area contributed by atoms with E-state index in [1.54, 1.807) is 25.1 Å². The molecule has 1 aromatic carbocycles. The van der Waals surface area contributed by atoms with E-state index in [9.17, 15) is 19.7 Å². The van der Waals surface area contributed by atoms with Crippen molar-refractivity contribution in [3.8, 4) is 0 Å². The average molecular weight is 300 g/mol. The zero-order valence-electron chi connectivity index (χ0n) is 11.6. The van der Waals surface area contributed by atoms with E-state index >= 15 is 0 Å². The van der Waals surface area contributed by atoms with Gasteiger partial charge in [-0.3, -0.25) is 19.7 Å². The summed E-state index contributed by atoms with van der Waals surface area (Å²) in [4.78, 5) is 36.9. The van der Waals surface area contributed by atoms with Crippen LogP contribution in [-0.2, 0) is 14.3 Å². The molecule has 1 aromatic rings. The second kappa shape index (κ2) is 4.23. The SMILES string of the molecule is Cc1ccc(N2C(=O)[C@@H]3[C@@H](C2=O)[C@@H]2C=C[C@@H]3O2)c([N+](=O)[O-])c1. The minimum atomic E-state index is -0.569. The molecule has 2 amide bonds. The van der Waals surface area contributed by atoms with Gasteiger partial charge in [0.25, 0.3) is 5.69 Å². The Morgan fingerprint density at radius 2 is 1.73 bits per heavy atom. The number of nitrogens with zero attached hydrogens (tertiary/aromatic N) is 2. The molecule has 7 nitrogen and oxygen atoms in total. The van der Waals surface area contributed by atoms with Gasteiger partial charge in [-0.15, -0.1) is 0 Å². The Hall–Kier alpha value is -2.54. The van der Waals surface area contributed by atoms with Gasteiger partial charge in [-0.05, 0) is 18.6 Å². The summed E-state index contributed by atoms with van der Waals surface area (Å²) in [6, 6.07) is 4.48. The van der Waals surface area contributed by atoms with Gasteiger partial charge < -0.3 is 4.74 Å². The van der Waals surface area contributed by atoms with E-state index in [-0.39, 0.29) is 11.4 Å². The first-order valence-electron chi connectivity index (χ1n) is 6.95. The number of aryl methyl sites for hydroxylation is 1. The molecule has 2 bridgehead atoms. The lowest BCUT2D eigenvalue weighted by Gasteiger charge is -2.17. The molecule has 0 aromatic heterocycles. The van der Waals surface area contributed by atoms with Crippen molar-refractivity contribution in [1.82, 2.24) is 0 Å². The molecular formula is C15H12N2O5. The molecule has 112 valence electrons. The van der Waals surface area contributed by atoms with Crippen molar-refractivity contribution in [3.63, 3.8) is 0 Å². The molecule has 2 saturated heterocycles. The van der Waals surface area contributed by atoms with Gasteiger partial charge in [0.1, 0.15) is 5.69 Å². The quantitative estimate of drug-likeness (QED) is 0.356. The van der Waals surface area contributed by atoms with E-state index in [2.05, 4.69) is 0 Å². The Morgan fingerprint density at radius 3 is 2.27 bits per heavy atom. The van der Waals surface area contributed by atoms with E-state index in [1.165, 1.54) is 12.1 Å². The number of benzene rings is 1. The van der Waals surface area contributed by atoms with Gasteiger partial charge in [-0.1, -0.05) is 18.2 Å². The minimum Gasteiger partial charge on any atom is -0.365 e. The third-order valence-corrected chi connectivity index (χ3v) is 4.48. The van der Waals surface area contributed by atoms with Gasteiger partial charge in [0.05, 0.1) is 29.0 Å². The lowest BCUT2D eigenvalue weighted by Crippen LogP contribution is -2.34. The van der Waals surface area contributed by atoms with Crippen LogP contribution in [0.1, 0.15) is 5.56 Å². The maximum Gasteiger partial charge on any atom is 0.293 e.